The average molecular weight is 357 g/mol. The van der Waals surface area contributed by atoms with Crippen molar-refractivity contribution in [3.63, 3.8) is 0 Å². The fourth-order valence-corrected chi connectivity index (χ4v) is 2.56. The fraction of sp³-hybridized carbons (Fsp3) is 0.0526. The molecular formula is C19H14Cl2N2O. The van der Waals surface area contributed by atoms with Crippen molar-refractivity contribution >= 4 is 46.7 Å². The fourth-order valence-electron chi connectivity index (χ4n) is 2.10. The Bertz CT molecular complexity index is 882. The standard InChI is InChI=1S/C19H14Cl2N2O/c1-13(23-19-3-2-10-24-19)14-5-8-17(9-6-14)22-12-15-4-7-16(20)11-18(15)21/h2-12H,1H3/b22-12?,23-13-. The van der Waals surface area contributed by atoms with Crippen LogP contribution in [0.4, 0.5) is 11.6 Å². The van der Waals surface area contributed by atoms with Gasteiger partial charge in [0, 0.05) is 28.6 Å². The lowest BCUT2D eigenvalue weighted by Gasteiger charge is -2.01. The first-order chi connectivity index (χ1) is 11.6. The molecule has 0 aliphatic heterocycles. The highest BCUT2D eigenvalue weighted by Crippen LogP contribution is 2.21. The summed E-state index contributed by atoms with van der Waals surface area (Å²) in [5.41, 5.74) is 3.53. The minimum absolute atomic E-state index is 0.573. The summed E-state index contributed by atoms with van der Waals surface area (Å²) in [6, 6.07) is 16.7. The van der Waals surface area contributed by atoms with Crippen LogP contribution in [-0.4, -0.2) is 11.9 Å². The minimum Gasteiger partial charge on any atom is -0.447 e. The molecular weight excluding hydrogens is 343 g/mol. The first-order valence-corrected chi connectivity index (χ1v) is 8.06. The monoisotopic (exact) mass is 356 g/mol. The number of halogens is 2. The molecule has 1 aromatic heterocycles. The van der Waals surface area contributed by atoms with E-state index in [2.05, 4.69) is 9.98 Å². The van der Waals surface area contributed by atoms with Gasteiger partial charge in [-0.15, -0.1) is 0 Å². The number of hydrogen-bond donors (Lipinski definition) is 0. The van der Waals surface area contributed by atoms with Crippen molar-refractivity contribution in [3.05, 3.63) is 82.0 Å². The van der Waals surface area contributed by atoms with Gasteiger partial charge in [-0.2, -0.15) is 0 Å². The summed E-state index contributed by atoms with van der Waals surface area (Å²) in [5.74, 6) is 0.590. The normalized spacial score (nSPS) is 12.0. The second-order valence-electron chi connectivity index (χ2n) is 5.12. The summed E-state index contributed by atoms with van der Waals surface area (Å²) in [7, 11) is 0. The van der Waals surface area contributed by atoms with Crippen LogP contribution in [0, 0.1) is 0 Å². The molecule has 3 rings (SSSR count). The number of furan rings is 1. The van der Waals surface area contributed by atoms with E-state index in [1.54, 1.807) is 24.6 Å². The average Bonchev–Trinajstić information content (AvgIpc) is 3.07. The van der Waals surface area contributed by atoms with Crippen LogP contribution < -0.4 is 0 Å². The molecule has 3 aromatic rings. The van der Waals surface area contributed by atoms with Gasteiger partial charge in [-0.3, -0.25) is 4.99 Å². The van der Waals surface area contributed by atoms with Gasteiger partial charge >= 0.3 is 0 Å². The van der Waals surface area contributed by atoms with Crippen molar-refractivity contribution in [1.29, 1.82) is 0 Å². The van der Waals surface area contributed by atoms with Crippen molar-refractivity contribution in [3.8, 4) is 0 Å². The Balaban J connectivity index is 1.76. The van der Waals surface area contributed by atoms with E-state index < -0.39 is 0 Å². The SMILES string of the molecule is C/C(=N/c1ccco1)c1ccc(N=Cc2ccc(Cl)cc2Cl)cc1. The topological polar surface area (TPSA) is 37.9 Å². The van der Waals surface area contributed by atoms with Gasteiger partial charge in [-0.05, 0) is 42.8 Å². The largest absolute Gasteiger partial charge is 0.447 e. The van der Waals surface area contributed by atoms with Gasteiger partial charge in [0.15, 0.2) is 0 Å². The van der Waals surface area contributed by atoms with Crippen molar-refractivity contribution < 1.29 is 4.42 Å². The third kappa shape index (κ3) is 4.13. The van der Waals surface area contributed by atoms with Crippen LogP contribution in [0.15, 0.2) is 75.3 Å². The summed E-state index contributed by atoms with van der Waals surface area (Å²) in [4.78, 5) is 8.85. The number of nitrogens with zero attached hydrogens (tertiary/aromatic N) is 2. The molecule has 24 heavy (non-hydrogen) atoms. The molecule has 2 aromatic carbocycles. The van der Waals surface area contributed by atoms with Crippen molar-refractivity contribution in [2.45, 2.75) is 6.92 Å². The Morgan fingerprint density at radius 1 is 1.04 bits per heavy atom. The molecule has 0 saturated carbocycles. The van der Waals surface area contributed by atoms with Gasteiger partial charge in [0.25, 0.3) is 0 Å². The molecule has 0 spiro atoms. The van der Waals surface area contributed by atoms with E-state index in [9.17, 15) is 0 Å². The van der Waals surface area contributed by atoms with Crippen LogP contribution in [0.1, 0.15) is 18.1 Å². The van der Waals surface area contributed by atoms with E-state index in [1.807, 2.05) is 49.4 Å². The van der Waals surface area contributed by atoms with E-state index in [0.29, 0.717) is 15.9 Å². The maximum atomic E-state index is 6.13. The lowest BCUT2D eigenvalue weighted by atomic mass is 10.1. The molecule has 0 radical (unpaired) electrons. The number of benzene rings is 2. The van der Waals surface area contributed by atoms with E-state index in [4.69, 9.17) is 27.6 Å². The predicted octanol–water partition coefficient (Wildman–Crippen LogP) is 6.48. The first-order valence-electron chi connectivity index (χ1n) is 7.30. The molecule has 0 aliphatic carbocycles. The van der Waals surface area contributed by atoms with Gasteiger partial charge < -0.3 is 4.42 Å². The van der Waals surface area contributed by atoms with Gasteiger partial charge in [-0.1, -0.05) is 41.4 Å². The van der Waals surface area contributed by atoms with Crippen LogP contribution in [-0.2, 0) is 0 Å². The summed E-state index contributed by atoms with van der Waals surface area (Å²) in [5, 5.41) is 1.18. The highest BCUT2D eigenvalue weighted by atomic mass is 35.5. The maximum Gasteiger partial charge on any atom is 0.218 e. The number of hydrogen-bond acceptors (Lipinski definition) is 3. The summed E-state index contributed by atoms with van der Waals surface area (Å²) >= 11 is 12.0. The summed E-state index contributed by atoms with van der Waals surface area (Å²) < 4.78 is 5.22. The molecule has 1 heterocycles. The predicted molar refractivity (Wildman–Crippen MR) is 101 cm³/mol. The zero-order valence-electron chi connectivity index (χ0n) is 12.9. The quantitative estimate of drug-likeness (QED) is 0.493. The highest BCUT2D eigenvalue weighted by molar-refractivity contribution is 6.36. The van der Waals surface area contributed by atoms with Crippen molar-refractivity contribution in [1.82, 2.24) is 0 Å². The second kappa shape index (κ2) is 7.47. The van der Waals surface area contributed by atoms with Crippen LogP contribution in [0.3, 0.4) is 0 Å². The van der Waals surface area contributed by atoms with E-state index >= 15 is 0 Å². The highest BCUT2D eigenvalue weighted by Gasteiger charge is 2.01. The summed E-state index contributed by atoms with van der Waals surface area (Å²) in [6.07, 6.45) is 3.32. The van der Waals surface area contributed by atoms with E-state index in [1.165, 1.54) is 0 Å². The Labute approximate surface area is 150 Å². The molecule has 0 unspecified atom stereocenters. The van der Waals surface area contributed by atoms with E-state index in [-0.39, 0.29) is 0 Å². The van der Waals surface area contributed by atoms with E-state index in [0.717, 1.165) is 22.5 Å². The van der Waals surface area contributed by atoms with Crippen LogP contribution in [0.2, 0.25) is 10.0 Å². The minimum atomic E-state index is 0.573. The van der Waals surface area contributed by atoms with Gasteiger partial charge in [-0.25, -0.2) is 4.99 Å². The van der Waals surface area contributed by atoms with Gasteiger partial charge in [0.2, 0.25) is 5.88 Å². The first kappa shape index (κ1) is 16.5. The Morgan fingerprint density at radius 2 is 1.83 bits per heavy atom. The summed E-state index contributed by atoms with van der Waals surface area (Å²) in [6.45, 7) is 1.94. The lowest BCUT2D eigenvalue weighted by Crippen LogP contribution is -1.92. The molecule has 0 N–H and O–H groups in total. The smallest absolute Gasteiger partial charge is 0.218 e. The van der Waals surface area contributed by atoms with Gasteiger partial charge in [0.1, 0.15) is 0 Å². The van der Waals surface area contributed by atoms with Crippen molar-refractivity contribution in [2.24, 2.45) is 9.98 Å². The van der Waals surface area contributed by atoms with Crippen molar-refractivity contribution in [2.75, 3.05) is 0 Å². The molecule has 120 valence electrons. The Kier molecular flexibility index (Phi) is 5.14. The third-order valence-electron chi connectivity index (χ3n) is 3.38. The molecule has 0 atom stereocenters. The molecule has 3 nitrogen and oxygen atoms in total. The molecule has 0 aliphatic rings. The zero-order chi connectivity index (χ0) is 16.9. The number of aliphatic imine (C=N–C) groups is 2. The molecule has 0 bridgehead atoms. The lowest BCUT2D eigenvalue weighted by molar-refractivity contribution is 0.578. The van der Waals surface area contributed by atoms with Gasteiger partial charge in [0.05, 0.1) is 17.0 Å². The molecule has 0 saturated heterocycles. The molecule has 5 heteroatoms. The Hall–Kier alpha value is -2.36. The van der Waals surface area contributed by atoms with Crippen LogP contribution in [0.5, 0.6) is 0 Å². The molecule has 0 fully saturated rings. The maximum absolute atomic E-state index is 6.13. The third-order valence-corrected chi connectivity index (χ3v) is 3.95. The zero-order valence-corrected chi connectivity index (χ0v) is 14.4. The second-order valence-corrected chi connectivity index (χ2v) is 5.96. The molecule has 0 amide bonds. The number of rotatable bonds is 4. The van der Waals surface area contributed by atoms with Crippen LogP contribution in [0.25, 0.3) is 0 Å². The van der Waals surface area contributed by atoms with Crippen LogP contribution >= 0.6 is 23.2 Å². The Morgan fingerprint density at radius 3 is 2.50 bits per heavy atom.